The maximum absolute atomic E-state index is 10.6. The van der Waals surface area contributed by atoms with E-state index in [0.717, 1.165) is 11.0 Å². The highest BCUT2D eigenvalue weighted by molar-refractivity contribution is 9.10. The zero-order valence-electron chi connectivity index (χ0n) is 11.8. The zero-order chi connectivity index (χ0) is 14.9. The summed E-state index contributed by atoms with van der Waals surface area (Å²) in [4.78, 5) is 2.06. The monoisotopic (exact) mass is 342 g/mol. The highest BCUT2D eigenvalue weighted by Gasteiger charge is 2.23. The van der Waals surface area contributed by atoms with Crippen LogP contribution in [0.1, 0.15) is 17.4 Å². The molecule has 8 heteroatoms. The lowest BCUT2D eigenvalue weighted by molar-refractivity contribution is 0.205. The number of aliphatic hydroxyl groups is 1. The van der Waals surface area contributed by atoms with Crippen molar-refractivity contribution in [3.8, 4) is 0 Å². The van der Waals surface area contributed by atoms with E-state index in [1.807, 2.05) is 14.1 Å². The van der Waals surface area contributed by atoms with E-state index in [1.54, 1.807) is 24.1 Å². The first-order valence-corrected chi connectivity index (χ1v) is 7.02. The maximum atomic E-state index is 10.6. The summed E-state index contributed by atoms with van der Waals surface area (Å²) in [6.07, 6.45) is 2.40. The molecule has 1 atom stereocenters. The van der Waals surface area contributed by atoms with Crippen molar-refractivity contribution < 1.29 is 5.11 Å². The molecular formula is C12H19BrN6O. The minimum atomic E-state index is -0.859. The van der Waals surface area contributed by atoms with Crippen molar-refractivity contribution in [1.82, 2.24) is 24.5 Å². The largest absolute Gasteiger partial charge is 0.384 e. The normalized spacial score (nSPS) is 13.1. The van der Waals surface area contributed by atoms with Gasteiger partial charge in [-0.05, 0) is 30.0 Å². The molecule has 0 aliphatic carbocycles. The third kappa shape index (κ3) is 2.87. The number of aliphatic hydroxyl groups excluding tert-OH is 1. The molecule has 20 heavy (non-hydrogen) atoms. The van der Waals surface area contributed by atoms with E-state index < -0.39 is 6.10 Å². The molecule has 2 heterocycles. The molecule has 2 rings (SSSR count). The Kier molecular flexibility index (Phi) is 4.46. The molecular weight excluding hydrogens is 324 g/mol. The van der Waals surface area contributed by atoms with Gasteiger partial charge < -0.3 is 15.7 Å². The van der Waals surface area contributed by atoms with Crippen LogP contribution in [0.5, 0.6) is 0 Å². The van der Waals surface area contributed by atoms with Crippen molar-refractivity contribution in [1.29, 1.82) is 0 Å². The SMILES string of the molecule is CN(C)CCn1ncc(Br)c1C(O)c1cnn(C)c1N. The quantitative estimate of drug-likeness (QED) is 0.831. The Morgan fingerprint density at radius 3 is 2.65 bits per heavy atom. The molecule has 0 radical (unpaired) electrons. The fourth-order valence-electron chi connectivity index (χ4n) is 1.94. The number of likely N-dealkylation sites (N-methyl/N-ethyl adjacent to an activating group) is 1. The van der Waals surface area contributed by atoms with E-state index in [-0.39, 0.29) is 0 Å². The van der Waals surface area contributed by atoms with Gasteiger partial charge in [-0.2, -0.15) is 10.2 Å². The number of aryl methyl sites for hydroxylation is 1. The Morgan fingerprint density at radius 1 is 1.40 bits per heavy atom. The lowest BCUT2D eigenvalue weighted by Gasteiger charge is -2.16. The minimum absolute atomic E-state index is 0.449. The summed E-state index contributed by atoms with van der Waals surface area (Å²) in [5.74, 6) is 0.449. The summed E-state index contributed by atoms with van der Waals surface area (Å²) >= 11 is 3.43. The zero-order valence-corrected chi connectivity index (χ0v) is 13.4. The number of nitrogen functional groups attached to an aromatic ring is 1. The van der Waals surface area contributed by atoms with Crippen LogP contribution in [0, 0.1) is 0 Å². The summed E-state index contributed by atoms with van der Waals surface area (Å²) in [6.45, 7) is 1.52. The highest BCUT2D eigenvalue weighted by atomic mass is 79.9. The van der Waals surface area contributed by atoms with Crippen molar-refractivity contribution in [2.75, 3.05) is 26.4 Å². The van der Waals surface area contributed by atoms with Crippen LogP contribution in [0.2, 0.25) is 0 Å². The second kappa shape index (κ2) is 5.94. The second-order valence-electron chi connectivity index (χ2n) is 4.92. The Hall–Kier alpha value is -1.38. The number of nitrogens with zero attached hydrogens (tertiary/aromatic N) is 5. The van der Waals surface area contributed by atoms with Crippen LogP contribution in [-0.4, -0.2) is 50.2 Å². The van der Waals surface area contributed by atoms with Gasteiger partial charge in [-0.25, -0.2) is 0 Å². The number of halogens is 1. The summed E-state index contributed by atoms with van der Waals surface area (Å²) in [7, 11) is 5.73. The third-order valence-electron chi connectivity index (χ3n) is 3.16. The van der Waals surface area contributed by atoms with Gasteiger partial charge in [-0.3, -0.25) is 9.36 Å². The van der Waals surface area contributed by atoms with Crippen molar-refractivity contribution in [2.24, 2.45) is 7.05 Å². The van der Waals surface area contributed by atoms with Gasteiger partial charge in [-0.1, -0.05) is 0 Å². The summed E-state index contributed by atoms with van der Waals surface area (Å²) < 4.78 is 4.07. The van der Waals surface area contributed by atoms with E-state index in [0.29, 0.717) is 23.6 Å². The van der Waals surface area contributed by atoms with E-state index in [9.17, 15) is 5.11 Å². The summed E-state index contributed by atoms with van der Waals surface area (Å²) in [5.41, 5.74) is 7.19. The van der Waals surface area contributed by atoms with Crippen molar-refractivity contribution >= 4 is 21.7 Å². The number of hydrogen-bond donors (Lipinski definition) is 2. The Bertz CT molecular complexity index is 591. The van der Waals surface area contributed by atoms with Gasteiger partial charge in [0, 0.05) is 19.2 Å². The van der Waals surface area contributed by atoms with Gasteiger partial charge in [0.2, 0.25) is 0 Å². The molecule has 2 aromatic heterocycles. The smallest absolute Gasteiger partial charge is 0.127 e. The average Bonchev–Trinajstić information content (AvgIpc) is 2.91. The van der Waals surface area contributed by atoms with Gasteiger partial charge in [0.05, 0.1) is 29.1 Å². The predicted molar refractivity (Wildman–Crippen MR) is 80.2 cm³/mol. The minimum Gasteiger partial charge on any atom is -0.384 e. The van der Waals surface area contributed by atoms with Gasteiger partial charge >= 0.3 is 0 Å². The molecule has 0 spiro atoms. The molecule has 2 aromatic rings. The molecule has 0 bridgehead atoms. The number of rotatable bonds is 5. The van der Waals surface area contributed by atoms with Crippen LogP contribution in [0.4, 0.5) is 5.82 Å². The third-order valence-corrected chi connectivity index (χ3v) is 3.77. The van der Waals surface area contributed by atoms with Crippen molar-refractivity contribution in [3.05, 3.63) is 28.1 Å². The highest BCUT2D eigenvalue weighted by Crippen LogP contribution is 2.31. The van der Waals surface area contributed by atoms with E-state index in [2.05, 4.69) is 31.0 Å². The van der Waals surface area contributed by atoms with Crippen LogP contribution in [0.15, 0.2) is 16.9 Å². The van der Waals surface area contributed by atoms with Crippen LogP contribution < -0.4 is 5.73 Å². The first-order chi connectivity index (χ1) is 9.41. The molecule has 0 saturated heterocycles. The lowest BCUT2D eigenvalue weighted by Crippen LogP contribution is -2.21. The first-order valence-electron chi connectivity index (χ1n) is 6.23. The van der Waals surface area contributed by atoms with Crippen LogP contribution >= 0.6 is 15.9 Å². The Morgan fingerprint density at radius 2 is 2.10 bits per heavy atom. The lowest BCUT2D eigenvalue weighted by atomic mass is 10.1. The van der Waals surface area contributed by atoms with Gasteiger partial charge in [0.1, 0.15) is 11.9 Å². The molecule has 0 aromatic carbocycles. The first kappa shape index (κ1) is 15.0. The number of aromatic nitrogens is 4. The molecule has 3 N–H and O–H groups in total. The molecule has 110 valence electrons. The van der Waals surface area contributed by atoms with E-state index >= 15 is 0 Å². The summed E-state index contributed by atoms with van der Waals surface area (Å²) in [5, 5.41) is 18.9. The molecule has 0 amide bonds. The molecule has 0 aliphatic heterocycles. The van der Waals surface area contributed by atoms with E-state index in [1.165, 1.54) is 4.68 Å². The Balaban J connectivity index is 2.31. The number of nitrogens with two attached hydrogens (primary N) is 1. The maximum Gasteiger partial charge on any atom is 0.127 e. The standard InChI is InChI=1S/C12H19BrN6O/c1-17(2)4-5-19-10(9(13)7-16-19)11(20)8-6-15-18(3)12(8)14/h6-7,11,20H,4-5,14H2,1-3H3. The van der Waals surface area contributed by atoms with E-state index in [4.69, 9.17) is 5.73 Å². The van der Waals surface area contributed by atoms with Crippen LogP contribution in [0.25, 0.3) is 0 Å². The van der Waals surface area contributed by atoms with Crippen molar-refractivity contribution in [2.45, 2.75) is 12.6 Å². The van der Waals surface area contributed by atoms with Crippen molar-refractivity contribution in [3.63, 3.8) is 0 Å². The molecule has 0 fully saturated rings. The number of hydrogen-bond acceptors (Lipinski definition) is 5. The topological polar surface area (TPSA) is 85.1 Å². The summed E-state index contributed by atoms with van der Waals surface area (Å²) in [6, 6.07) is 0. The Labute approximate surface area is 126 Å². The van der Waals surface area contributed by atoms with Gasteiger partial charge in [0.25, 0.3) is 0 Å². The average molecular weight is 343 g/mol. The fourth-order valence-corrected chi connectivity index (χ4v) is 2.45. The van der Waals surface area contributed by atoms with Gasteiger partial charge in [-0.15, -0.1) is 0 Å². The van der Waals surface area contributed by atoms with Gasteiger partial charge in [0.15, 0.2) is 0 Å². The fraction of sp³-hybridized carbons (Fsp3) is 0.500. The molecule has 0 saturated carbocycles. The molecule has 1 unspecified atom stereocenters. The second-order valence-corrected chi connectivity index (χ2v) is 5.77. The predicted octanol–water partition coefficient (Wildman–Crippen LogP) is 0.605. The van der Waals surface area contributed by atoms with Crippen LogP contribution in [0.3, 0.4) is 0 Å². The van der Waals surface area contributed by atoms with Crippen LogP contribution in [-0.2, 0) is 13.6 Å². The molecule has 7 nitrogen and oxygen atoms in total. The molecule has 0 aliphatic rings. The number of anilines is 1.